The first-order valence-electron chi connectivity index (χ1n) is 18.8. The van der Waals surface area contributed by atoms with Crippen molar-refractivity contribution in [3.8, 4) is 22.3 Å². The van der Waals surface area contributed by atoms with Crippen LogP contribution in [0.3, 0.4) is 0 Å². The van der Waals surface area contributed by atoms with Crippen molar-refractivity contribution in [3.05, 3.63) is 129 Å². The van der Waals surface area contributed by atoms with E-state index in [9.17, 15) is 9.59 Å². The predicted octanol–water partition coefficient (Wildman–Crippen LogP) is 11.9. The SMILES string of the molecule is CCCC1=Cc2c(-c3ccccc3C(C)C)cccc2[CH]1[Hf]([Cl])([Cl])([B](NC=O)NC=O)[CH]1C(CCC)=Cc2c(-c3ccccc3C(C)C)cccc21. The molecule has 2 unspecified atom stereocenters. The zero-order chi connectivity index (χ0) is 37.2. The molecule has 0 saturated heterocycles. The average molecular weight is 899 g/mol. The second-order valence-electron chi connectivity index (χ2n) is 15.1. The summed E-state index contributed by atoms with van der Waals surface area (Å²) in [5.74, 6) is 0.665. The maximum absolute atomic E-state index is 12.5. The fourth-order valence-corrected chi connectivity index (χ4v) is 38.9. The molecule has 2 aliphatic carbocycles. The number of nitrogens with one attached hydrogen (secondary N) is 2. The molecule has 2 aliphatic rings. The van der Waals surface area contributed by atoms with Crippen molar-refractivity contribution in [2.45, 2.75) is 86.4 Å². The molecule has 0 aliphatic heterocycles. The van der Waals surface area contributed by atoms with Gasteiger partial charge in [0.25, 0.3) is 0 Å². The Hall–Kier alpha value is -3.18. The zero-order valence-corrected chi connectivity index (χ0v) is 36.3. The van der Waals surface area contributed by atoms with E-state index >= 15 is 0 Å². The second-order valence-corrected chi connectivity index (χ2v) is 45.6. The van der Waals surface area contributed by atoms with E-state index in [2.05, 4.69) is 149 Å². The van der Waals surface area contributed by atoms with Crippen LogP contribution in [0.5, 0.6) is 0 Å². The number of fused-ring (bicyclic) bond motifs is 2. The molecule has 0 saturated carbocycles. The molecule has 6 rings (SSSR count). The van der Waals surface area contributed by atoms with E-state index in [0.29, 0.717) is 24.7 Å². The molecule has 0 heterocycles. The molecule has 0 aromatic heterocycles. The van der Waals surface area contributed by atoms with E-state index in [0.717, 1.165) is 59.1 Å². The molecule has 4 aromatic rings. The zero-order valence-electron chi connectivity index (χ0n) is 31.2. The van der Waals surface area contributed by atoms with Crippen LogP contribution in [0.1, 0.15) is 120 Å². The van der Waals surface area contributed by atoms with Gasteiger partial charge in [-0.3, -0.25) is 0 Å². The van der Waals surface area contributed by atoms with Crippen molar-refractivity contribution in [1.82, 2.24) is 10.5 Å². The molecule has 4 nitrogen and oxygen atoms in total. The molecule has 269 valence electrons. The number of hydrogen-bond acceptors (Lipinski definition) is 2. The molecule has 0 fully saturated rings. The van der Waals surface area contributed by atoms with E-state index in [-0.39, 0.29) is 7.35 Å². The van der Waals surface area contributed by atoms with Gasteiger partial charge in [-0.15, -0.1) is 0 Å². The maximum atomic E-state index is 12.5. The van der Waals surface area contributed by atoms with Crippen molar-refractivity contribution in [3.63, 3.8) is 0 Å². The van der Waals surface area contributed by atoms with Gasteiger partial charge in [-0.2, -0.15) is 0 Å². The van der Waals surface area contributed by atoms with E-state index in [1.807, 2.05) is 0 Å². The average Bonchev–Trinajstić information content (AvgIpc) is 3.71. The summed E-state index contributed by atoms with van der Waals surface area (Å²) in [6.45, 7) is 13.3. The van der Waals surface area contributed by atoms with E-state index in [4.69, 9.17) is 17.2 Å². The number of allylic oxidation sites excluding steroid dienone is 2. The van der Waals surface area contributed by atoms with Crippen molar-refractivity contribution >= 4 is 46.7 Å². The Labute approximate surface area is 318 Å². The summed E-state index contributed by atoms with van der Waals surface area (Å²) in [4.78, 5) is 25.0. The van der Waals surface area contributed by atoms with Gasteiger partial charge in [0, 0.05) is 0 Å². The summed E-state index contributed by atoms with van der Waals surface area (Å²) in [6.07, 6.45) is 9.31. The molecular formula is C44H50BCl2HfN2O2. The van der Waals surface area contributed by atoms with Crippen LogP contribution in [0, 0.1) is 0 Å². The molecular weight excluding hydrogens is 849 g/mol. The second kappa shape index (κ2) is 15.7. The number of carbonyl (C=O) groups is 2. The van der Waals surface area contributed by atoms with Gasteiger partial charge in [0.2, 0.25) is 0 Å². The minimum atomic E-state index is -6.01. The van der Waals surface area contributed by atoms with E-state index in [1.54, 1.807) is 0 Å². The standard InChI is InChI=1S/2C21H23.C2H3BN2O2.2ClH.Hf/c2*1-4-8-16-13-17-9-7-12-20(21(17)14-16)19-11-6-5-10-18(19)15(2)3;6-1-4-3-5-2-7;;;/h2*5-7,9-15H,4,8H2,1-3H3;1-2H,(H-,4,5,6,7);2*1H;/q;;;;;+1/p-1. The molecule has 8 heteroatoms. The van der Waals surface area contributed by atoms with Crippen LogP contribution in [-0.2, 0) is 25.5 Å². The fraction of sp³-hybridized carbons (Fsp3) is 0.318. The molecule has 0 bridgehead atoms. The number of amides is 2. The number of hydrogen-bond donors (Lipinski definition) is 2. The van der Waals surface area contributed by atoms with Gasteiger partial charge >= 0.3 is 321 Å². The van der Waals surface area contributed by atoms with Gasteiger partial charge in [-0.05, 0) is 0 Å². The summed E-state index contributed by atoms with van der Waals surface area (Å²) in [5.41, 5.74) is 14.0. The molecule has 2 amide bonds. The monoisotopic (exact) mass is 899 g/mol. The number of rotatable bonds is 15. The Kier molecular flexibility index (Phi) is 11.6. The molecule has 0 spiro atoms. The first-order chi connectivity index (χ1) is 25.0. The Morgan fingerprint density at radius 2 is 1.00 bits per heavy atom. The van der Waals surface area contributed by atoms with Crippen LogP contribution >= 0.6 is 17.2 Å². The number of benzene rings is 4. The minimum absolute atomic E-state index is 0.333. The third kappa shape index (κ3) is 6.51. The van der Waals surface area contributed by atoms with Crippen LogP contribution in [0.2, 0.25) is 0 Å². The molecule has 52 heavy (non-hydrogen) atoms. The first kappa shape index (κ1) is 38.5. The van der Waals surface area contributed by atoms with Crippen molar-refractivity contribution in [2.75, 3.05) is 0 Å². The van der Waals surface area contributed by atoms with Gasteiger partial charge < -0.3 is 0 Å². The van der Waals surface area contributed by atoms with Gasteiger partial charge in [0.05, 0.1) is 0 Å². The van der Waals surface area contributed by atoms with Crippen LogP contribution in [-0.4, -0.2) is 17.4 Å². The molecule has 2 N–H and O–H groups in total. The summed E-state index contributed by atoms with van der Waals surface area (Å²) in [6, 6.07) is 30.2. The Bertz CT molecular complexity index is 1910. The van der Waals surface area contributed by atoms with E-state index in [1.165, 1.54) is 33.4 Å². The summed E-state index contributed by atoms with van der Waals surface area (Å²) in [5, 5.41) is 6.00. The van der Waals surface area contributed by atoms with Gasteiger partial charge in [-0.25, -0.2) is 0 Å². The molecule has 0 radical (unpaired) electrons. The van der Waals surface area contributed by atoms with Crippen molar-refractivity contribution in [2.24, 2.45) is 0 Å². The van der Waals surface area contributed by atoms with Gasteiger partial charge in [0.15, 0.2) is 0 Å². The quantitative estimate of drug-likeness (QED) is 0.0922. The molecule has 2 atom stereocenters. The number of halogens is 2. The fourth-order valence-electron chi connectivity index (χ4n) is 9.21. The van der Waals surface area contributed by atoms with Crippen molar-refractivity contribution < 1.29 is 25.5 Å². The van der Waals surface area contributed by atoms with Crippen LogP contribution in [0.15, 0.2) is 96.1 Å². The topological polar surface area (TPSA) is 58.2 Å². The van der Waals surface area contributed by atoms with Crippen LogP contribution < -0.4 is 10.5 Å². The van der Waals surface area contributed by atoms with Crippen molar-refractivity contribution in [1.29, 1.82) is 0 Å². The van der Waals surface area contributed by atoms with Crippen LogP contribution in [0.4, 0.5) is 0 Å². The van der Waals surface area contributed by atoms with Gasteiger partial charge in [-0.1, -0.05) is 0 Å². The summed E-state index contributed by atoms with van der Waals surface area (Å²) in [7, 11) is 17.3. The Morgan fingerprint density at radius 3 is 1.37 bits per heavy atom. The van der Waals surface area contributed by atoms with E-state index < -0.39 is 20.5 Å². The molecule has 4 aromatic carbocycles. The number of carbonyl (C=O) groups excluding carboxylic acids is 2. The summed E-state index contributed by atoms with van der Waals surface area (Å²) < 4.78 is -1.66. The predicted molar refractivity (Wildman–Crippen MR) is 219 cm³/mol. The third-order valence-electron chi connectivity index (χ3n) is 11.3. The first-order valence-corrected chi connectivity index (χ1v) is 34.0. The van der Waals surface area contributed by atoms with Crippen LogP contribution in [0.25, 0.3) is 34.4 Å². The Balaban J connectivity index is 1.68. The summed E-state index contributed by atoms with van der Waals surface area (Å²) >= 11 is -6.01. The Morgan fingerprint density at radius 1 is 0.615 bits per heavy atom. The normalized spacial score (nSPS) is 17.2. The third-order valence-corrected chi connectivity index (χ3v) is 40.0. The van der Waals surface area contributed by atoms with Gasteiger partial charge in [0.1, 0.15) is 0 Å².